The van der Waals surface area contributed by atoms with Gasteiger partial charge in [0.1, 0.15) is 0 Å². The molecule has 1 heterocycles. The second-order valence-corrected chi connectivity index (χ2v) is 7.23. The number of hydrogen-bond donors (Lipinski definition) is 1. The lowest BCUT2D eigenvalue weighted by Crippen LogP contribution is -2.51. The van der Waals surface area contributed by atoms with E-state index in [4.69, 9.17) is 0 Å². The van der Waals surface area contributed by atoms with E-state index >= 15 is 0 Å². The maximum absolute atomic E-state index is 10.5. The largest absolute Gasteiger partial charge is 0.391 e. The van der Waals surface area contributed by atoms with Gasteiger partial charge < -0.3 is 5.11 Å². The van der Waals surface area contributed by atoms with Crippen LogP contribution in [0.2, 0.25) is 0 Å². The maximum atomic E-state index is 10.5. The van der Waals surface area contributed by atoms with Crippen molar-refractivity contribution in [1.82, 2.24) is 4.90 Å². The van der Waals surface area contributed by atoms with E-state index in [0.717, 1.165) is 12.3 Å². The molecule has 1 saturated carbocycles. The lowest BCUT2D eigenvalue weighted by Gasteiger charge is -2.43. The molecule has 19 heavy (non-hydrogen) atoms. The molecule has 1 N–H and O–H groups in total. The van der Waals surface area contributed by atoms with Crippen molar-refractivity contribution in [2.75, 3.05) is 13.1 Å². The number of aliphatic hydroxyl groups is 1. The summed E-state index contributed by atoms with van der Waals surface area (Å²) in [6.07, 6.45) is 8.99. The Kier molecular flexibility index (Phi) is 5.70. The van der Waals surface area contributed by atoms with E-state index in [-0.39, 0.29) is 6.10 Å². The summed E-state index contributed by atoms with van der Waals surface area (Å²) in [7, 11) is 0. The Morgan fingerprint density at radius 1 is 1.11 bits per heavy atom. The topological polar surface area (TPSA) is 23.5 Å². The molecule has 5 atom stereocenters. The van der Waals surface area contributed by atoms with Crippen LogP contribution in [0, 0.1) is 17.8 Å². The molecule has 0 bridgehead atoms. The van der Waals surface area contributed by atoms with E-state index < -0.39 is 0 Å². The number of nitrogens with zero attached hydrogens (tertiary/aromatic N) is 1. The molecule has 2 fully saturated rings. The molecule has 112 valence electrons. The summed E-state index contributed by atoms with van der Waals surface area (Å²) in [6, 6.07) is 0.427. The number of likely N-dealkylation sites (tertiary alicyclic amines) is 1. The molecule has 0 aromatic heterocycles. The van der Waals surface area contributed by atoms with Crippen LogP contribution in [-0.4, -0.2) is 35.2 Å². The van der Waals surface area contributed by atoms with E-state index in [1.54, 1.807) is 0 Å². The highest BCUT2D eigenvalue weighted by Crippen LogP contribution is 2.34. The molecule has 0 spiro atoms. The highest BCUT2D eigenvalue weighted by Gasteiger charge is 2.37. The Morgan fingerprint density at radius 2 is 1.89 bits per heavy atom. The van der Waals surface area contributed by atoms with Crippen molar-refractivity contribution in [3.8, 4) is 0 Å². The van der Waals surface area contributed by atoms with Crippen molar-refractivity contribution < 1.29 is 5.11 Å². The SMILES string of the molecule is CCCC1CCCN(C2C(C)CC(C)CC2O)CC1. The quantitative estimate of drug-likeness (QED) is 0.843. The van der Waals surface area contributed by atoms with Gasteiger partial charge >= 0.3 is 0 Å². The summed E-state index contributed by atoms with van der Waals surface area (Å²) in [5.74, 6) is 2.28. The zero-order chi connectivity index (χ0) is 13.8. The van der Waals surface area contributed by atoms with Crippen LogP contribution >= 0.6 is 0 Å². The molecule has 0 amide bonds. The highest BCUT2D eigenvalue weighted by molar-refractivity contribution is 4.90. The molecule has 2 nitrogen and oxygen atoms in total. The van der Waals surface area contributed by atoms with Crippen molar-refractivity contribution in [3.63, 3.8) is 0 Å². The van der Waals surface area contributed by atoms with Crippen LogP contribution in [0.5, 0.6) is 0 Å². The van der Waals surface area contributed by atoms with Crippen molar-refractivity contribution in [2.24, 2.45) is 17.8 Å². The lowest BCUT2D eigenvalue weighted by molar-refractivity contribution is -0.0235. The minimum Gasteiger partial charge on any atom is -0.391 e. The average molecular weight is 267 g/mol. The summed E-state index contributed by atoms with van der Waals surface area (Å²) in [6.45, 7) is 9.36. The van der Waals surface area contributed by atoms with Crippen LogP contribution in [0.1, 0.15) is 65.7 Å². The van der Waals surface area contributed by atoms with Crippen LogP contribution in [0.3, 0.4) is 0 Å². The summed E-state index contributed by atoms with van der Waals surface area (Å²) >= 11 is 0. The number of aliphatic hydroxyl groups excluding tert-OH is 1. The third-order valence-electron chi connectivity index (χ3n) is 5.40. The Balaban J connectivity index is 1.93. The molecule has 2 aliphatic rings. The molecule has 5 unspecified atom stereocenters. The molecular weight excluding hydrogens is 234 g/mol. The predicted octanol–water partition coefficient (Wildman–Crippen LogP) is 3.68. The van der Waals surface area contributed by atoms with Gasteiger partial charge in [0.15, 0.2) is 0 Å². The predicted molar refractivity (Wildman–Crippen MR) is 81.2 cm³/mol. The highest BCUT2D eigenvalue weighted by atomic mass is 16.3. The Bertz CT molecular complexity index is 256. The number of hydrogen-bond acceptors (Lipinski definition) is 2. The van der Waals surface area contributed by atoms with Crippen molar-refractivity contribution in [2.45, 2.75) is 77.9 Å². The first kappa shape index (κ1) is 15.3. The van der Waals surface area contributed by atoms with E-state index in [0.29, 0.717) is 17.9 Å². The molecule has 1 saturated heterocycles. The summed E-state index contributed by atoms with van der Waals surface area (Å²) in [4.78, 5) is 2.62. The zero-order valence-electron chi connectivity index (χ0n) is 13.1. The molecule has 1 aliphatic carbocycles. The second kappa shape index (κ2) is 7.08. The smallest absolute Gasteiger partial charge is 0.0700 e. The van der Waals surface area contributed by atoms with E-state index in [1.807, 2.05) is 0 Å². The van der Waals surface area contributed by atoms with Gasteiger partial charge in [-0.1, -0.05) is 33.6 Å². The average Bonchev–Trinajstić information content (AvgIpc) is 2.54. The molecular formula is C17H33NO. The Hall–Kier alpha value is -0.0800. The van der Waals surface area contributed by atoms with Gasteiger partial charge in [-0.25, -0.2) is 0 Å². The van der Waals surface area contributed by atoms with Gasteiger partial charge in [-0.2, -0.15) is 0 Å². The van der Waals surface area contributed by atoms with Gasteiger partial charge in [0.25, 0.3) is 0 Å². The van der Waals surface area contributed by atoms with Gasteiger partial charge in [-0.3, -0.25) is 4.90 Å². The van der Waals surface area contributed by atoms with Crippen molar-refractivity contribution in [3.05, 3.63) is 0 Å². The minimum absolute atomic E-state index is 0.0959. The van der Waals surface area contributed by atoms with Crippen molar-refractivity contribution >= 4 is 0 Å². The van der Waals surface area contributed by atoms with E-state index in [1.165, 1.54) is 51.6 Å². The summed E-state index contributed by atoms with van der Waals surface area (Å²) in [5, 5.41) is 10.5. The Morgan fingerprint density at radius 3 is 2.58 bits per heavy atom. The van der Waals surface area contributed by atoms with Crippen LogP contribution < -0.4 is 0 Å². The first-order valence-corrected chi connectivity index (χ1v) is 8.54. The van der Waals surface area contributed by atoms with Gasteiger partial charge in [0, 0.05) is 6.04 Å². The minimum atomic E-state index is -0.0959. The first-order valence-electron chi connectivity index (χ1n) is 8.54. The molecule has 1 aliphatic heterocycles. The van der Waals surface area contributed by atoms with E-state index in [9.17, 15) is 5.11 Å². The first-order chi connectivity index (χ1) is 9.11. The number of rotatable bonds is 3. The van der Waals surface area contributed by atoms with Crippen molar-refractivity contribution in [1.29, 1.82) is 0 Å². The molecule has 0 aromatic rings. The summed E-state index contributed by atoms with van der Waals surface area (Å²) in [5.41, 5.74) is 0. The van der Waals surface area contributed by atoms with Gasteiger partial charge in [0.2, 0.25) is 0 Å². The van der Waals surface area contributed by atoms with Gasteiger partial charge in [-0.15, -0.1) is 0 Å². The monoisotopic (exact) mass is 267 g/mol. The maximum Gasteiger partial charge on any atom is 0.0700 e. The van der Waals surface area contributed by atoms with Gasteiger partial charge in [-0.05, 0) is 62.9 Å². The van der Waals surface area contributed by atoms with Crippen LogP contribution in [-0.2, 0) is 0 Å². The fourth-order valence-corrected chi connectivity index (χ4v) is 4.59. The van der Waals surface area contributed by atoms with E-state index in [2.05, 4.69) is 25.7 Å². The summed E-state index contributed by atoms with van der Waals surface area (Å²) < 4.78 is 0. The van der Waals surface area contributed by atoms with Crippen LogP contribution in [0.4, 0.5) is 0 Å². The van der Waals surface area contributed by atoms with Crippen LogP contribution in [0.25, 0.3) is 0 Å². The Labute approximate surface area is 119 Å². The second-order valence-electron chi connectivity index (χ2n) is 7.23. The fraction of sp³-hybridized carbons (Fsp3) is 1.00. The third kappa shape index (κ3) is 3.95. The fourth-order valence-electron chi connectivity index (χ4n) is 4.59. The lowest BCUT2D eigenvalue weighted by atomic mass is 9.77. The molecule has 2 rings (SSSR count). The van der Waals surface area contributed by atoms with Crippen LogP contribution in [0.15, 0.2) is 0 Å². The molecule has 2 heteroatoms. The third-order valence-corrected chi connectivity index (χ3v) is 5.40. The zero-order valence-corrected chi connectivity index (χ0v) is 13.1. The molecule has 0 radical (unpaired) electrons. The van der Waals surface area contributed by atoms with Gasteiger partial charge in [0.05, 0.1) is 6.10 Å². The normalized spacial score (nSPS) is 42.0. The molecule has 0 aromatic carbocycles. The standard InChI is InChI=1S/C17H33NO/c1-4-6-15-7-5-9-18(10-8-15)17-14(3)11-13(2)12-16(17)19/h13-17,19H,4-12H2,1-3H3.